The Morgan fingerprint density at radius 2 is 1.93 bits per heavy atom. The minimum absolute atomic E-state index is 0.864. The Balaban J connectivity index is 2.48. The van der Waals surface area contributed by atoms with Crippen LogP contribution in [0.1, 0.15) is 16.0 Å². The van der Waals surface area contributed by atoms with Gasteiger partial charge in [-0.1, -0.05) is 30.3 Å². The molecular weight excluding hydrogens is 202 g/mol. The number of aliphatic imine (C=N–C) groups is 1. The van der Waals surface area contributed by atoms with E-state index in [0.29, 0.717) is 0 Å². The molecule has 1 nitrogen and oxygen atoms in total. The number of thiophene rings is 1. The average molecular weight is 213 g/mol. The predicted molar refractivity (Wildman–Crippen MR) is 65.4 cm³/mol. The van der Waals surface area contributed by atoms with Crippen LogP contribution in [-0.2, 0) is 0 Å². The maximum Gasteiger partial charge on any atom is 0.0998 e. The van der Waals surface area contributed by atoms with Gasteiger partial charge in [0.05, 0.1) is 17.6 Å². The second-order valence-corrected chi connectivity index (χ2v) is 4.19. The Hall–Kier alpha value is -1.41. The van der Waals surface area contributed by atoms with Crippen LogP contribution in [0.5, 0.6) is 0 Å². The Morgan fingerprint density at radius 3 is 2.47 bits per heavy atom. The first-order chi connectivity index (χ1) is 7.33. The molecule has 2 rings (SSSR count). The molecule has 2 aromatic rings. The topological polar surface area (TPSA) is 12.4 Å². The molecule has 74 valence electrons. The maximum atomic E-state index is 5.46. The molecule has 1 aromatic carbocycles. The molecule has 0 atom stereocenters. The van der Waals surface area contributed by atoms with E-state index >= 15 is 0 Å². The van der Waals surface area contributed by atoms with Gasteiger partial charge < -0.3 is 0 Å². The molecule has 0 saturated heterocycles. The second-order valence-electron chi connectivity index (χ2n) is 3.28. The van der Waals surface area contributed by atoms with Crippen molar-refractivity contribution in [2.24, 2.45) is 4.99 Å². The molecule has 0 aliphatic rings. The quantitative estimate of drug-likeness (QED) is 0.676. The fourth-order valence-electron chi connectivity index (χ4n) is 1.48. The fourth-order valence-corrected chi connectivity index (χ4v) is 2.42. The van der Waals surface area contributed by atoms with Gasteiger partial charge in [-0.2, -0.15) is 0 Å². The third-order valence-electron chi connectivity index (χ3n) is 2.25. The smallest absolute Gasteiger partial charge is 0.0998 e. The lowest BCUT2D eigenvalue weighted by Crippen LogP contribution is -2.01. The van der Waals surface area contributed by atoms with Gasteiger partial charge in [0, 0.05) is 5.56 Å². The van der Waals surface area contributed by atoms with E-state index in [-0.39, 0.29) is 0 Å². The summed E-state index contributed by atoms with van der Waals surface area (Å²) in [7, 11) is 5.46. The van der Waals surface area contributed by atoms with Gasteiger partial charge in [0.1, 0.15) is 0 Å². The lowest BCUT2D eigenvalue weighted by molar-refractivity contribution is 1.48. The summed E-state index contributed by atoms with van der Waals surface area (Å²) in [6, 6.07) is 12.1. The predicted octanol–water partition coefficient (Wildman–Crippen LogP) is 3.56. The molecule has 0 bridgehead atoms. The molecule has 0 N–H and O–H groups in total. The Bertz CT molecular complexity index is 468. The third kappa shape index (κ3) is 2.00. The Kier molecular flexibility index (Phi) is 2.97. The van der Waals surface area contributed by atoms with Crippen molar-refractivity contribution in [3.8, 4) is 0 Å². The third-order valence-corrected chi connectivity index (χ3v) is 3.28. The molecule has 0 fully saturated rings. The minimum atomic E-state index is 0.864. The van der Waals surface area contributed by atoms with E-state index in [9.17, 15) is 0 Å². The van der Waals surface area contributed by atoms with Gasteiger partial charge >= 0.3 is 0 Å². The van der Waals surface area contributed by atoms with E-state index in [1.807, 2.05) is 30.3 Å². The molecule has 0 unspecified atom stereocenters. The first-order valence-electron chi connectivity index (χ1n) is 4.70. The normalized spacial score (nSPS) is 11.7. The van der Waals surface area contributed by atoms with Crippen LogP contribution in [0.15, 0.2) is 46.8 Å². The van der Waals surface area contributed by atoms with Gasteiger partial charge in [0.2, 0.25) is 0 Å². The molecule has 0 amide bonds. The minimum Gasteiger partial charge on any atom is -0.275 e. The van der Waals surface area contributed by atoms with Crippen LogP contribution in [0, 0.1) is 14.0 Å². The Morgan fingerprint density at radius 1 is 1.20 bits per heavy atom. The molecule has 1 aromatic heterocycles. The van der Waals surface area contributed by atoms with Crippen molar-refractivity contribution in [1.29, 1.82) is 0 Å². The number of hydrogen-bond acceptors (Lipinski definition) is 2. The highest BCUT2D eigenvalue weighted by atomic mass is 32.1. The standard InChI is InChI=1S/C13H11NS/c1-10-8-9-15-13(10)12(14-2)11-6-4-3-5-7-11/h2-9H,1H3. The zero-order valence-electron chi connectivity index (χ0n) is 8.47. The van der Waals surface area contributed by atoms with Gasteiger partial charge in [0.15, 0.2) is 0 Å². The highest BCUT2D eigenvalue weighted by Gasteiger charge is 2.09. The molecule has 0 aliphatic heterocycles. The van der Waals surface area contributed by atoms with Gasteiger partial charge in [-0.15, -0.1) is 11.3 Å². The second kappa shape index (κ2) is 4.41. The van der Waals surface area contributed by atoms with Gasteiger partial charge in [0.25, 0.3) is 0 Å². The zero-order chi connectivity index (χ0) is 10.7. The van der Waals surface area contributed by atoms with Gasteiger partial charge in [-0.25, -0.2) is 0 Å². The molecule has 2 radical (unpaired) electrons. The summed E-state index contributed by atoms with van der Waals surface area (Å²) in [5, 5.41) is 2.05. The summed E-state index contributed by atoms with van der Waals surface area (Å²) >= 11 is 1.67. The van der Waals surface area contributed by atoms with Gasteiger partial charge in [-0.05, 0) is 23.9 Å². The summed E-state index contributed by atoms with van der Waals surface area (Å²) in [6.07, 6.45) is 0. The number of rotatable bonds is 2. The molecule has 0 aliphatic carbocycles. The summed E-state index contributed by atoms with van der Waals surface area (Å²) in [5.74, 6) is 0. The number of hydrogen-bond donors (Lipinski definition) is 0. The van der Waals surface area contributed by atoms with E-state index in [1.165, 1.54) is 5.56 Å². The highest BCUT2D eigenvalue weighted by Crippen LogP contribution is 2.20. The summed E-state index contributed by atoms with van der Waals surface area (Å²) in [5.41, 5.74) is 3.14. The van der Waals surface area contributed by atoms with Crippen LogP contribution in [0.3, 0.4) is 0 Å². The van der Waals surface area contributed by atoms with Crippen molar-refractivity contribution in [2.45, 2.75) is 6.92 Å². The van der Waals surface area contributed by atoms with Crippen LogP contribution in [0.2, 0.25) is 0 Å². The zero-order valence-corrected chi connectivity index (χ0v) is 9.29. The highest BCUT2D eigenvalue weighted by molar-refractivity contribution is 7.12. The molecule has 0 saturated carbocycles. The first kappa shape index (κ1) is 10.1. The van der Waals surface area contributed by atoms with Crippen molar-refractivity contribution < 1.29 is 0 Å². The monoisotopic (exact) mass is 213 g/mol. The van der Waals surface area contributed by atoms with E-state index in [0.717, 1.165) is 16.2 Å². The van der Waals surface area contributed by atoms with Crippen molar-refractivity contribution >= 4 is 17.0 Å². The van der Waals surface area contributed by atoms with E-state index < -0.39 is 0 Å². The average Bonchev–Trinajstić information content (AvgIpc) is 2.68. The van der Waals surface area contributed by atoms with E-state index in [2.05, 4.69) is 23.4 Å². The first-order valence-corrected chi connectivity index (χ1v) is 5.58. The molecule has 15 heavy (non-hydrogen) atoms. The van der Waals surface area contributed by atoms with Crippen LogP contribution < -0.4 is 0 Å². The molecular formula is C13H11NS. The number of benzene rings is 1. The van der Waals surface area contributed by atoms with Crippen LogP contribution in [0.25, 0.3) is 0 Å². The summed E-state index contributed by atoms with van der Waals surface area (Å²) < 4.78 is 0. The lowest BCUT2D eigenvalue weighted by Gasteiger charge is -2.04. The number of aryl methyl sites for hydroxylation is 1. The van der Waals surface area contributed by atoms with Gasteiger partial charge in [-0.3, -0.25) is 4.99 Å². The van der Waals surface area contributed by atoms with Crippen molar-refractivity contribution in [3.63, 3.8) is 0 Å². The fraction of sp³-hybridized carbons (Fsp3) is 0.0769. The van der Waals surface area contributed by atoms with Crippen LogP contribution >= 0.6 is 11.3 Å². The van der Waals surface area contributed by atoms with E-state index in [1.54, 1.807) is 11.3 Å². The van der Waals surface area contributed by atoms with Crippen LogP contribution in [-0.4, -0.2) is 5.71 Å². The molecule has 2 heteroatoms. The SMILES string of the molecule is [CH]N=C(c1ccccc1)c1sccc1C. The number of nitrogens with zero attached hydrogens (tertiary/aromatic N) is 1. The molecule has 1 heterocycles. The summed E-state index contributed by atoms with van der Waals surface area (Å²) in [4.78, 5) is 5.03. The lowest BCUT2D eigenvalue weighted by atomic mass is 10.1. The molecule has 0 spiro atoms. The largest absolute Gasteiger partial charge is 0.275 e. The van der Waals surface area contributed by atoms with Crippen molar-refractivity contribution in [1.82, 2.24) is 0 Å². The maximum absolute atomic E-state index is 5.46. The summed E-state index contributed by atoms with van der Waals surface area (Å²) in [6.45, 7) is 2.07. The van der Waals surface area contributed by atoms with Crippen LogP contribution in [0.4, 0.5) is 0 Å². The van der Waals surface area contributed by atoms with Crippen molar-refractivity contribution in [3.05, 3.63) is 64.8 Å². The van der Waals surface area contributed by atoms with Crippen molar-refractivity contribution in [2.75, 3.05) is 0 Å². The van der Waals surface area contributed by atoms with E-state index in [4.69, 9.17) is 7.05 Å². The Labute approximate surface area is 94.1 Å².